The fourth-order valence-electron chi connectivity index (χ4n) is 2.42. The molecule has 0 saturated carbocycles. The molecule has 1 fully saturated rings. The predicted octanol–water partition coefficient (Wildman–Crippen LogP) is 2.15. The van der Waals surface area contributed by atoms with Crippen LogP contribution >= 0.6 is 0 Å². The zero-order valence-electron chi connectivity index (χ0n) is 9.97. The van der Waals surface area contributed by atoms with Gasteiger partial charge in [-0.15, -0.1) is 0 Å². The number of hydrogen-bond donors (Lipinski definition) is 2. The zero-order valence-corrected chi connectivity index (χ0v) is 9.97. The van der Waals surface area contributed by atoms with Gasteiger partial charge in [0.2, 0.25) is 0 Å². The third-order valence-electron chi connectivity index (χ3n) is 3.60. The van der Waals surface area contributed by atoms with Crippen molar-refractivity contribution in [2.75, 3.05) is 13.1 Å². The summed E-state index contributed by atoms with van der Waals surface area (Å²) in [5.74, 6) is 0.844. The van der Waals surface area contributed by atoms with Gasteiger partial charge in [-0.25, -0.2) is 0 Å². The summed E-state index contributed by atoms with van der Waals surface area (Å²) in [6.07, 6.45) is 5.29. The van der Waals surface area contributed by atoms with Crippen LogP contribution in [-0.2, 0) is 0 Å². The van der Waals surface area contributed by atoms with Crippen molar-refractivity contribution in [2.24, 2.45) is 5.92 Å². The molecule has 0 radical (unpaired) electrons. The summed E-state index contributed by atoms with van der Waals surface area (Å²) in [7, 11) is 0. The van der Waals surface area contributed by atoms with E-state index in [1.54, 1.807) is 0 Å². The maximum atomic E-state index is 3.66. The summed E-state index contributed by atoms with van der Waals surface area (Å²) in [5.41, 5.74) is 0. The molecule has 2 heteroatoms. The second-order valence-corrected chi connectivity index (χ2v) is 4.57. The molecule has 2 atom stereocenters. The number of hydrogen-bond acceptors (Lipinski definition) is 2. The van der Waals surface area contributed by atoms with E-state index in [1.807, 2.05) is 0 Å². The van der Waals surface area contributed by atoms with Crippen LogP contribution in [0.25, 0.3) is 0 Å². The van der Waals surface area contributed by atoms with Crippen LogP contribution in [0.4, 0.5) is 0 Å². The highest BCUT2D eigenvalue weighted by molar-refractivity contribution is 4.79. The van der Waals surface area contributed by atoms with Gasteiger partial charge in [-0.05, 0) is 32.2 Å². The Balaban J connectivity index is 2.15. The van der Waals surface area contributed by atoms with Crippen molar-refractivity contribution in [1.82, 2.24) is 10.6 Å². The van der Waals surface area contributed by atoms with Crippen LogP contribution in [0.15, 0.2) is 0 Å². The van der Waals surface area contributed by atoms with E-state index in [1.165, 1.54) is 32.2 Å². The van der Waals surface area contributed by atoms with Crippen LogP contribution in [0.2, 0.25) is 0 Å². The van der Waals surface area contributed by atoms with Gasteiger partial charge in [0, 0.05) is 18.6 Å². The van der Waals surface area contributed by atoms with Crippen LogP contribution in [0.5, 0.6) is 0 Å². The van der Waals surface area contributed by atoms with Crippen molar-refractivity contribution in [3.63, 3.8) is 0 Å². The highest BCUT2D eigenvalue weighted by Gasteiger charge is 2.17. The molecular weight excluding hydrogens is 172 g/mol. The first-order valence-electron chi connectivity index (χ1n) is 6.24. The normalized spacial score (nSPS) is 24.4. The van der Waals surface area contributed by atoms with Gasteiger partial charge in [0.15, 0.2) is 0 Å². The topological polar surface area (TPSA) is 24.1 Å². The second kappa shape index (κ2) is 6.41. The zero-order chi connectivity index (χ0) is 10.4. The quantitative estimate of drug-likeness (QED) is 0.683. The summed E-state index contributed by atoms with van der Waals surface area (Å²) in [4.78, 5) is 0. The van der Waals surface area contributed by atoms with E-state index >= 15 is 0 Å². The lowest BCUT2D eigenvalue weighted by molar-refractivity contribution is 0.342. The van der Waals surface area contributed by atoms with Crippen molar-refractivity contribution >= 4 is 0 Å². The molecule has 2 N–H and O–H groups in total. The van der Waals surface area contributed by atoms with Crippen molar-refractivity contribution in [3.8, 4) is 0 Å². The van der Waals surface area contributed by atoms with Crippen molar-refractivity contribution in [1.29, 1.82) is 0 Å². The fourth-order valence-corrected chi connectivity index (χ4v) is 2.42. The Morgan fingerprint density at radius 3 is 2.57 bits per heavy atom. The molecule has 84 valence electrons. The predicted molar refractivity (Wildman–Crippen MR) is 62.6 cm³/mol. The third kappa shape index (κ3) is 3.58. The highest BCUT2D eigenvalue weighted by Crippen LogP contribution is 2.13. The molecule has 0 spiro atoms. The molecule has 2 nitrogen and oxygen atoms in total. The van der Waals surface area contributed by atoms with Gasteiger partial charge in [0.1, 0.15) is 0 Å². The Kier molecular flexibility index (Phi) is 5.49. The molecule has 0 aliphatic carbocycles. The molecule has 0 amide bonds. The first kappa shape index (κ1) is 12.0. The van der Waals surface area contributed by atoms with Crippen LogP contribution in [0.3, 0.4) is 0 Å². The molecule has 1 rings (SSSR count). The largest absolute Gasteiger partial charge is 0.313 e. The SMILES string of the molecule is CCC(CC)C(C)NCC1CCCN1. The Labute approximate surface area is 88.8 Å². The summed E-state index contributed by atoms with van der Waals surface area (Å²) in [6, 6.07) is 1.40. The molecular formula is C12H26N2. The van der Waals surface area contributed by atoms with E-state index in [2.05, 4.69) is 31.4 Å². The molecule has 0 aromatic rings. The summed E-state index contributed by atoms with van der Waals surface area (Å²) in [6.45, 7) is 9.27. The van der Waals surface area contributed by atoms with E-state index in [0.717, 1.165) is 18.5 Å². The Morgan fingerprint density at radius 1 is 1.36 bits per heavy atom. The number of rotatable bonds is 6. The van der Waals surface area contributed by atoms with Crippen molar-refractivity contribution in [2.45, 2.75) is 58.5 Å². The summed E-state index contributed by atoms with van der Waals surface area (Å²) < 4.78 is 0. The van der Waals surface area contributed by atoms with Gasteiger partial charge in [0.25, 0.3) is 0 Å². The van der Waals surface area contributed by atoms with Crippen molar-refractivity contribution < 1.29 is 0 Å². The van der Waals surface area contributed by atoms with E-state index in [9.17, 15) is 0 Å². The van der Waals surface area contributed by atoms with Gasteiger partial charge < -0.3 is 10.6 Å². The van der Waals surface area contributed by atoms with E-state index < -0.39 is 0 Å². The average molecular weight is 198 g/mol. The highest BCUT2D eigenvalue weighted by atomic mass is 15.0. The third-order valence-corrected chi connectivity index (χ3v) is 3.60. The molecule has 2 unspecified atom stereocenters. The lowest BCUT2D eigenvalue weighted by atomic mass is 9.95. The van der Waals surface area contributed by atoms with Crippen LogP contribution in [0.1, 0.15) is 46.5 Å². The summed E-state index contributed by atoms with van der Waals surface area (Å²) >= 11 is 0. The lowest BCUT2D eigenvalue weighted by Crippen LogP contribution is -2.41. The molecule has 0 aromatic carbocycles. The monoisotopic (exact) mass is 198 g/mol. The minimum absolute atomic E-state index is 0.674. The average Bonchev–Trinajstić information content (AvgIpc) is 2.69. The first-order chi connectivity index (χ1) is 6.77. The van der Waals surface area contributed by atoms with Crippen molar-refractivity contribution in [3.05, 3.63) is 0 Å². The van der Waals surface area contributed by atoms with Crippen LogP contribution < -0.4 is 10.6 Å². The standard InChI is InChI=1S/C12H26N2/c1-4-11(5-2)10(3)14-9-12-7-6-8-13-12/h10-14H,4-9H2,1-3H3. The van der Waals surface area contributed by atoms with Gasteiger partial charge in [-0.1, -0.05) is 26.7 Å². The van der Waals surface area contributed by atoms with Gasteiger partial charge >= 0.3 is 0 Å². The Hall–Kier alpha value is -0.0800. The van der Waals surface area contributed by atoms with Gasteiger partial charge in [-0.2, -0.15) is 0 Å². The molecule has 1 aliphatic heterocycles. The maximum absolute atomic E-state index is 3.66. The summed E-state index contributed by atoms with van der Waals surface area (Å²) in [5, 5.41) is 7.19. The van der Waals surface area contributed by atoms with Crippen LogP contribution in [-0.4, -0.2) is 25.2 Å². The van der Waals surface area contributed by atoms with E-state index in [4.69, 9.17) is 0 Å². The smallest absolute Gasteiger partial charge is 0.0193 e. The molecule has 14 heavy (non-hydrogen) atoms. The second-order valence-electron chi connectivity index (χ2n) is 4.57. The Morgan fingerprint density at radius 2 is 2.07 bits per heavy atom. The molecule has 1 saturated heterocycles. The number of nitrogens with one attached hydrogen (secondary N) is 2. The van der Waals surface area contributed by atoms with E-state index in [-0.39, 0.29) is 0 Å². The molecule has 0 aromatic heterocycles. The lowest BCUT2D eigenvalue weighted by Gasteiger charge is -2.24. The molecule has 1 aliphatic rings. The first-order valence-corrected chi connectivity index (χ1v) is 6.24. The Bertz CT molecular complexity index is 137. The minimum Gasteiger partial charge on any atom is -0.313 e. The maximum Gasteiger partial charge on any atom is 0.0193 e. The molecule has 0 bridgehead atoms. The van der Waals surface area contributed by atoms with Gasteiger partial charge in [0.05, 0.1) is 0 Å². The van der Waals surface area contributed by atoms with Gasteiger partial charge in [-0.3, -0.25) is 0 Å². The minimum atomic E-state index is 0.674. The molecule has 1 heterocycles. The van der Waals surface area contributed by atoms with Crippen LogP contribution in [0, 0.1) is 5.92 Å². The fraction of sp³-hybridized carbons (Fsp3) is 1.00. The van der Waals surface area contributed by atoms with E-state index in [0.29, 0.717) is 6.04 Å².